The van der Waals surface area contributed by atoms with Crippen molar-refractivity contribution in [2.45, 2.75) is 50.1 Å². The maximum absolute atomic E-state index is 13.3. The van der Waals surface area contributed by atoms with E-state index in [1.165, 1.54) is 0 Å². The molecule has 118 valence electrons. The molecular weight excluding hydrogens is 306 g/mol. The van der Waals surface area contributed by atoms with Gasteiger partial charge in [0.2, 0.25) is 0 Å². The number of halogens is 5. The molecule has 1 N–H and O–H groups in total. The Labute approximate surface area is 127 Å². The molecule has 0 aromatic heterocycles. The number of nitrogens with one attached hydrogen (secondary N) is 1. The molecule has 1 aromatic carbocycles. The van der Waals surface area contributed by atoms with Gasteiger partial charge in [-0.2, -0.15) is 17.6 Å². The lowest BCUT2D eigenvalue weighted by Crippen LogP contribution is -2.35. The Morgan fingerprint density at radius 2 is 1.48 bits per heavy atom. The first-order chi connectivity index (χ1) is 9.41. The Morgan fingerprint density at radius 3 is 1.95 bits per heavy atom. The van der Waals surface area contributed by atoms with Crippen LogP contribution in [0.3, 0.4) is 0 Å². The monoisotopic (exact) mass is 323 g/mol. The number of alkyl halides is 4. The van der Waals surface area contributed by atoms with Crippen molar-refractivity contribution in [1.82, 2.24) is 5.32 Å². The van der Waals surface area contributed by atoms with Crippen molar-refractivity contribution in [1.29, 1.82) is 0 Å². The summed E-state index contributed by atoms with van der Waals surface area (Å²) < 4.78 is 53.0. The van der Waals surface area contributed by atoms with Gasteiger partial charge in [0, 0.05) is 12.6 Å². The van der Waals surface area contributed by atoms with Crippen LogP contribution in [0.25, 0.3) is 0 Å². The summed E-state index contributed by atoms with van der Waals surface area (Å²) in [6, 6.07) is 9.77. The first-order valence-corrected chi connectivity index (χ1v) is 6.94. The maximum Gasteiger partial charge on any atom is 0.322 e. The minimum atomic E-state index is -3.80. The molecule has 0 radical (unpaired) electrons. The third-order valence-corrected chi connectivity index (χ3v) is 4.81. The van der Waals surface area contributed by atoms with Crippen molar-refractivity contribution >= 4 is 12.4 Å². The molecule has 0 aliphatic heterocycles. The number of rotatable bonds is 3. The zero-order valence-corrected chi connectivity index (χ0v) is 12.2. The van der Waals surface area contributed by atoms with Gasteiger partial charge in [0.05, 0.1) is 0 Å². The molecule has 0 atom stereocenters. The quantitative estimate of drug-likeness (QED) is 0.812. The predicted molar refractivity (Wildman–Crippen MR) is 75.1 cm³/mol. The highest BCUT2D eigenvalue weighted by atomic mass is 35.5. The first-order valence-electron chi connectivity index (χ1n) is 6.94. The molecule has 1 aromatic rings. The second-order valence-corrected chi connectivity index (χ2v) is 5.87. The van der Waals surface area contributed by atoms with Crippen molar-refractivity contribution in [2.24, 2.45) is 5.41 Å². The summed E-state index contributed by atoms with van der Waals surface area (Å²) in [5.74, 6) is -7.60. The van der Waals surface area contributed by atoms with E-state index in [1.807, 2.05) is 30.3 Å². The van der Waals surface area contributed by atoms with Crippen LogP contribution in [-0.4, -0.2) is 17.9 Å². The second-order valence-electron chi connectivity index (χ2n) is 5.87. The van der Waals surface area contributed by atoms with Crippen molar-refractivity contribution in [3.63, 3.8) is 0 Å². The van der Waals surface area contributed by atoms with E-state index in [2.05, 4.69) is 5.32 Å². The summed E-state index contributed by atoms with van der Waals surface area (Å²) in [6.45, 7) is 0.644. The standard InChI is InChI=1S/C15H17F4N.ClH/c16-14(17)13(15(14,18)19)8-6-12(7-9-13)20-10-11-4-2-1-3-5-11;/h1-5,12,20H,6-10H2;1H. The molecule has 21 heavy (non-hydrogen) atoms. The van der Waals surface area contributed by atoms with E-state index in [0.717, 1.165) is 5.56 Å². The van der Waals surface area contributed by atoms with Crippen LogP contribution in [0.15, 0.2) is 30.3 Å². The molecule has 6 heteroatoms. The van der Waals surface area contributed by atoms with Crippen LogP contribution in [0.5, 0.6) is 0 Å². The molecule has 2 aliphatic rings. The van der Waals surface area contributed by atoms with Gasteiger partial charge in [0.15, 0.2) is 0 Å². The normalized spacial score (nSPS) is 25.3. The molecular formula is C15H18ClF4N. The van der Waals surface area contributed by atoms with Crippen LogP contribution < -0.4 is 5.32 Å². The number of benzene rings is 1. The van der Waals surface area contributed by atoms with E-state index in [9.17, 15) is 17.6 Å². The fourth-order valence-corrected chi connectivity index (χ4v) is 3.32. The van der Waals surface area contributed by atoms with E-state index in [4.69, 9.17) is 0 Å². The van der Waals surface area contributed by atoms with Gasteiger partial charge in [-0.3, -0.25) is 0 Å². The third kappa shape index (κ3) is 2.34. The summed E-state index contributed by atoms with van der Waals surface area (Å²) in [5.41, 5.74) is -0.944. The van der Waals surface area contributed by atoms with Gasteiger partial charge in [0.1, 0.15) is 5.41 Å². The Bertz CT molecular complexity index is 468. The average Bonchev–Trinajstić information content (AvgIpc) is 2.77. The summed E-state index contributed by atoms with van der Waals surface area (Å²) in [7, 11) is 0. The SMILES string of the molecule is Cl.FC1(F)C(F)(F)C12CCC(NCc1ccccc1)CC2. The van der Waals surface area contributed by atoms with Gasteiger partial charge in [-0.1, -0.05) is 30.3 Å². The van der Waals surface area contributed by atoms with Crippen molar-refractivity contribution in [3.8, 4) is 0 Å². The number of hydrogen-bond acceptors (Lipinski definition) is 1. The highest BCUT2D eigenvalue weighted by molar-refractivity contribution is 5.85. The van der Waals surface area contributed by atoms with E-state index >= 15 is 0 Å². The summed E-state index contributed by atoms with van der Waals surface area (Å²) in [5, 5.41) is 3.27. The molecule has 0 saturated heterocycles. The minimum Gasteiger partial charge on any atom is -0.310 e. The summed E-state index contributed by atoms with van der Waals surface area (Å²) in [4.78, 5) is 0. The largest absolute Gasteiger partial charge is 0.322 e. The molecule has 2 saturated carbocycles. The van der Waals surface area contributed by atoms with Gasteiger partial charge in [-0.05, 0) is 31.2 Å². The van der Waals surface area contributed by atoms with E-state index in [-0.39, 0.29) is 31.3 Å². The summed E-state index contributed by atoms with van der Waals surface area (Å²) in [6.07, 6.45) is 0.578. The second kappa shape index (κ2) is 5.43. The number of hydrogen-bond donors (Lipinski definition) is 1. The molecule has 0 heterocycles. The van der Waals surface area contributed by atoms with Crippen LogP contribution in [0.4, 0.5) is 17.6 Å². The molecule has 0 amide bonds. The Hall–Kier alpha value is -0.810. The van der Waals surface area contributed by atoms with Crippen molar-refractivity contribution in [2.75, 3.05) is 0 Å². The van der Waals surface area contributed by atoms with E-state index in [1.54, 1.807) is 0 Å². The van der Waals surface area contributed by atoms with Crippen LogP contribution in [0.2, 0.25) is 0 Å². The Morgan fingerprint density at radius 1 is 0.952 bits per heavy atom. The average molecular weight is 324 g/mol. The zero-order chi connectivity index (χ0) is 14.4. The highest BCUT2D eigenvalue weighted by Crippen LogP contribution is 2.77. The lowest BCUT2D eigenvalue weighted by molar-refractivity contribution is -0.0278. The molecule has 0 unspecified atom stereocenters. The smallest absolute Gasteiger partial charge is 0.310 e. The van der Waals surface area contributed by atoms with Crippen LogP contribution in [-0.2, 0) is 6.54 Å². The minimum absolute atomic E-state index is 0. The molecule has 1 spiro atoms. The van der Waals surface area contributed by atoms with E-state index < -0.39 is 17.3 Å². The molecule has 1 nitrogen and oxygen atoms in total. The topological polar surface area (TPSA) is 12.0 Å². The van der Waals surface area contributed by atoms with Gasteiger partial charge < -0.3 is 5.32 Å². The Kier molecular flexibility index (Phi) is 4.28. The lowest BCUT2D eigenvalue weighted by Gasteiger charge is -2.28. The zero-order valence-electron chi connectivity index (χ0n) is 11.4. The fraction of sp³-hybridized carbons (Fsp3) is 0.600. The first kappa shape index (κ1) is 16.6. The lowest BCUT2D eigenvalue weighted by atomic mass is 9.82. The van der Waals surface area contributed by atoms with Gasteiger partial charge in [-0.15, -0.1) is 12.4 Å². The highest BCUT2D eigenvalue weighted by Gasteiger charge is 2.95. The molecule has 2 aliphatic carbocycles. The maximum atomic E-state index is 13.3. The van der Waals surface area contributed by atoms with Crippen LogP contribution in [0, 0.1) is 5.41 Å². The van der Waals surface area contributed by atoms with Gasteiger partial charge in [0.25, 0.3) is 0 Å². The molecule has 2 fully saturated rings. The van der Waals surface area contributed by atoms with Crippen LogP contribution in [0.1, 0.15) is 31.2 Å². The third-order valence-electron chi connectivity index (χ3n) is 4.81. The van der Waals surface area contributed by atoms with Gasteiger partial charge >= 0.3 is 11.8 Å². The Balaban J connectivity index is 0.00000161. The predicted octanol–water partition coefficient (Wildman–Crippen LogP) is 4.41. The van der Waals surface area contributed by atoms with Crippen molar-refractivity contribution < 1.29 is 17.6 Å². The van der Waals surface area contributed by atoms with Gasteiger partial charge in [-0.25, -0.2) is 0 Å². The molecule has 3 rings (SSSR count). The summed E-state index contributed by atoms with van der Waals surface area (Å²) >= 11 is 0. The van der Waals surface area contributed by atoms with E-state index in [0.29, 0.717) is 19.4 Å². The fourth-order valence-electron chi connectivity index (χ4n) is 3.32. The van der Waals surface area contributed by atoms with Crippen molar-refractivity contribution in [3.05, 3.63) is 35.9 Å². The molecule has 0 bridgehead atoms. The van der Waals surface area contributed by atoms with Crippen LogP contribution >= 0.6 is 12.4 Å².